The molecule has 4 rings (SSSR count). The highest BCUT2D eigenvalue weighted by Gasteiger charge is 2.28. The normalized spacial score (nSPS) is 15.5. The van der Waals surface area contributed by atoms with Crippen LogP contribution >= 0.6 is 0 Å². The van der Waals surface area contributed by atoms with E-state index in [2.05, 4.69) is 40.3 Å². The molecule has 0 aliphatic heterocycles. The molecule has 1 unspecified atom stereocenters. The van der Waals surface area contributed by atoms with Crippen molar-refractivity contribution in [1.29, 1.82) is 0 Å². The third-order valence-electron chi connectivity index (χ3n) is 6.36. The summed E-state index contributed by atoms with van der Waals surface area (Å²) >= 11 is 0. The van der Waals surface area contributed by atoms with Gasteiger partial charge in [-0.25, -0.2) is 5.48 Å². The predicted octanol–water partition coefficient (Wildman–Crippen LogP) is 2.71. The summed E-state index contributed by atoms with van der Waals surface area (Å²) in [6.45, 7) is 1.58. The Hall–Kier alpha value is -2.87. The van der Waals surface area contributed by atoms with Crippen molar-refractivity contribution >= 4 is 22.5 Å². The van der Waals surface area contributed by atoms with Crippen molar-refractivity contribution in [3.8, 4) is 0 Å². The van der Waals surface area contributed by atoms with Gasteiger partial charge in [0.25, 0.3) is 0 Å². The number of aliphatic hydroxyl groups is 1. The molecule has 1 amide bonds. The van der Waals surface area contributed by atoms with Crippen LogP contribution in [0.5, 0.6) is 0 Å². The van der Waals surface area contributed by atoms with Gasteiger partial charge < -0.3 is 15.8 Å². The molecule has 0 saturated carbocycles. The van der Waals surface area contributed by atoms with Gasteiger partial charge in [0, 0.05) is 48.3 Å². The second-order valence-corrected chi connectivity index (χ2v) is 8.21. The van der Waals surface area contributed by atoms with Crippen molar-refractivity contribution in [3.63, 3.8) is 0 Å². The summed E-state index contributed by atoms with van der Waals surface area (Å²) in [5.74, 6) is -0.413. The van der Waals surface area contributed by atoms with Crippen molar-refractivity contribution in [2.45, 2.75) is 38.1 Å². The molecule has 164 valence electrons. The summed E-state index contributed by atoms with van der Waals surface area (Å²) in [7, 11) is 0. The Morgan fingerprint density at radius 1 is 1.19 bits per heavy atom. The van der Waals surface area contributed by atoms with Crippen LogP contribution in [0.25, 0.3) is 10.9 Å². The highest BCUT2D eigenvalue weighted by atomic mass is 16.5. The quantitative estimate of drug-likeness (QED) is 0.207. The summed E-state index contributed by atoms with van der Waals surface area (Å²) in [6, 6.07) is 12.7. The Morgan fingerprint density at radius 2 is 2.03 bits per heavy atom. The fourth-order valence-electron chi connectivity index (χ4n) is 4.76. The lowest BCUT2D eigenvalue weighted by molar-refractivity contribution is -0.129. The molecule has 1 atom stereocenters. The van der Waals surface area contributed by atoms with E-state index in [-0.39, 0.29) is 19.1 Å². The van der Waals surface area contributed by atoms with Crippen LogP contribution in [0, 0.1) is 0 Å². The number of nitrogens with one attached hydrogen (secondary N) is 2. The number of carbonyl (C=O) groups is 1. The van der Waals surface area contributed by atoms with Gasteiger partial charge in [0.15, 0.2) is 0 Å². The molecule has 2 aromatic carbocycles. The first-order valence-corrected chi connectivity index (χ1v) is 10.8. The van der Waals surface area contributed by atoms with Crippen LogP contribution in [0.4, 0.5) is 5.69 Å². The lowest BCUT2D eigenvalue weighted by atomic mass is 9.99. The number of anilines is 1. The van der Waals surface area contributed by atoms with Gasteiger partial charge in [0.2, 0.25) is 5.91 Å². The maximum Gasteiger partial charge on any atom is 0.243 e. The zero-order chi connectivity index (χ0) is 21.8. The number of para-hydroxylation sites is 1. The van der Waals surface area contributed by atoms with Crippen molar-refractivity contribution < 1.29 is 15.1 Å². The van der Waals surface area contributed by atoms with E-state index < -0.39 is 5.91 Å². The third-order valence-corrected chi connectivity index (χ3v) is 6.36. The van der Waals surface area contributed by atoms with E-state index in [1.165, 1.54) is 22.1 Å². The van der Waals surface area contributed by atoms with Gasteiger partial charge in [0.05, 0.1) is 6.61 Å². The molecule has 0 saturated heterocycles. The first-order valence-electron chi connectivity index (χ1n) is 10.8. The molecule has 7 heteroatoms. The minimum Gasteiger partial charge on any atom is -0.398 e. The van der Waals surface area contributed by atoms with Crippen molar-refractivity contribution in [2.24, 2.45) is 0 Å². The number of fused-ring (bicyclic) bond motifs is 2. The van der Waals surface area contributed by atoms with Gasteiger partial charge in [-0.15, -0.1) is 0 Å². The van der Waals surface area contributed by atoms with Gasteiger partial charge in [0.1, 0.15) is 0 Å². The first-order chi connectivity index (χ1) is 15.1. The van der Waals surface area contributed by atoms with Crippen LogP contribution in [0.2, 0.25) is 0 Å². The van der Waals surface area contributed by atoms with E-state index in [0.717, 1.165) is 36.9 Å². The number of hydrogen-bond acceptors (Lipinski definition) is 5. The largest absolute Gasteiger partial charge is 0.398 e. The summed E-state index contributed by atoms with van der Waals surface area (Å²) in [6.07, 6.45) is 5.62. The van der Waals surface area contributed by atoms with Gasteiger partial charge in [-0.05, 0) is 60.1 Å². The Morgan fingerprint density at radius 3 is 2.84 bits per heavy atom. The summed E-state index contributed by atoms with van der Waals surface area (Å²) in [5, 5.41) is 19.6. The molecule has 6 N–H and O–H groups in total. The van der Waals surface area contributed by atoms with Crippen LogP contribution in [0.15, 0.2) is 42.6 Å². The van der Waals surface area contributed by atoms with Crippen LogP contribution < -0.4 is 11.2 Å². The molecular weight excluding hydrogens is 392 g/mol. The number of aromatic nitrogens is 1. The van der Waals surface area contributed by atoms with Gasteiger partial charge in [-0.1, -0.05) is 24.3 Å². The van der Waals surface area contributed by atoms with Crippen molar-refractivity contribution in [1.82, 2.24) is 15.4 Å². The van der Waals surface area contributed by atoms with E-state index >= 15 is 0 Å². The number of nitrogen functional groups attached to an aromatic ring is 1. The van der Waals surface area contributed by atoms with Crippen LogP contribution in [0.3, 0.4) is 0 Å². The Bertz CT molecular complexity index is 1060. The number of aliphatic hydroxyl groups excluding tert-OH is 1. The Labute approximate surface area is 181 Å². The van der Waals surface area contributed by atoms with Gasteiger partial charge >= 0.3 is 0 Å². The first kappa shape index (κ1) is 21.4. The molecule has 0 spiro atoms. The average Bonchev–Trinajstić information content (AvgIpc) is 3.38. The predicted molar refractivity (Wildman–Crippen MR) is 121 cm³/mol. The van der Waals surface area contributed by atoms with E-state index in [1.807, 2.05) is 12.1 Å². The molecule has 3 aromatic rings. The molecule has 7 nitrogen and oxygen atoms in total. The van der Waals surface area contributed by atoms with E-state index in [4.69, 9.17) is 10.9 Å². The summed E-state index contributed by atoms with van der Waals surface area (Å²) < 4.78 is 0. The third kappa shape index (κ3) is 4.58. The van der Waals surface area contributed by atoms with Crippen LogP contribution in [-0.4, -0.2) is 45.8 Å². The molecule has 0 fully saturated rings. The van der Waals surface area contributed by atoms with Gasteiger partial charge in [-0.2, -0.15) is 0 Å². The zero-order valence-corrected chi connectivity index (χ0v) is 17.6. The van der Waals surface area contributed by atoms with Crippen molar-refractivity contribution in [3.05, 3.63) is 64.8 Å². The molecular formula is C24H30N4O3. The standard InChI is InChI=1S/C24H30N4O3/c25-21-14-20-16(13-17(21)6-8-24(30)27-31)5-7-23(20)28(11-12-29)10-9-18-15-26-22-4-2-1-3-19(18)22/h1-4,13-15,23,26,29,31H,5-12,25H2,(H,27,30). The number of amides is 1. The highest BCUT2D eigenvalue weighted by molar-refractivity contribution is 5.83. The number of nitrogens with two attached hydrogens (primary N) is 1. The molecule has 1 aliphatic rings. The van der Waals surface area contributed by atoms with E-state index in [1.54, 1.807) is 5.48 Å². The minimum absolute atomic E-state index is 0.115. The topological polar surface area (TPSA) is 115 Å². The molecule has 1 aliphatic carbocycles. The van der Waals surface area contributed by atoms with Crippen molar-refractivity contribution in [2.75, 3.05) is 25.4 Å². The number of carbonyl (C=O) groups excluding carboxylic acids is 1. The second kappa shape index (κ2) is 9.51. The monoisotopic (exact) mass is 422 g/mol. The Balaban J connectivity index is 1.50. The number of rotatable bonds is 9. The fraction of sp³-hybridized carbons (Fsp3) is 0.375. The number of aromatic amines is 1. The zero-order valence-electron chi connectivity index (χ0n) is 17.6. The smallest absolute Gasteiger partial charge is 0.243 e. The molecule has 1 heterocycles. The molecule has 0 bridgehead atoms. The minimum atomic E-state index is -0.413. The van der Waals surface area contributed by atoms with Crippen LogP contribution in [-0.2, 0) is 24.1 Å². The SMILES string of the molecule is Nc1cc2c(cc1CCC(=O)NO)CCC2N(CCO)CCc1c[nH]c2ccccc12. The number of benzene rings is 2. The Kier molecular flexibility index (Phi) is 6.56. The molecule has 31 heavy (non-hydrogen) atoms. The second-order valence-electron chi connectivity index (χ2n) is 8.21. The number of hydroxylamine groups is 1. The number of aryl methyl sites for hydroxylation is 2. The van der Waals surface area contributed by atoms with Crippen LogP contribution in [0.1, 0.15) is 41.1 Å². The number of nitrogens with zero attached hydrogens (tertiary/aromatic N) is 1. The molecule has 1 aromatic heterocycles. The van der Waals surface area contributed by atoms with E-state index in [9.17, 15) is 9.90 Å². The number of H-pyrrole nitrogens is 1. The van der Waals surface area contributed by atoms with E-state index in [0.29, 0.717) is 18.7 Å². The maximum absolute atomic E-state index is 11.4. The average molecular weight is 423 g/mol. The highest BCUT2D eigenvalue weighted by Crippen LogP contribution is 2.38. The number of hydrogen-bond donors (Lipinski definition) is 5. The fourth-order valence-corrected chi connectivity index (χ4v) is 4.76. The summed E-state index contributed by atoms with van der Waals surface area (Å²) in [5.41, 5.74) is 14.5. The van der Waals surface area contributed by atoms with Gasteiger partial charge in [-0.3, -0.25) is 14.9 Å². The molecule has 0 radical (unpaired) electrons. The lowest BCUT2D eigenvalue weighted by Crippen LogP contribution is -2.32. The maximum atomic E-state index is 11.4. The lowest BCUT2D eigenvalue weighted by Gasteiger charge is -2.29. The summed E-state index contributed by atoms with van der Waals surface area (Å²) in [4.78, 5) is 17.1.